The highest BCUT2D eigenvalue weighted by molar-refractivity contribution is 5.81. The van der Waals surface area contributed by atoms with Gasteiger partial charge in [-0.2, -0.15) is 0 Å². The van der Waals surface area contributed by atoms with Crippen LogP contribution in [0.3, 0.4) is 0 Å². The van der Waals surface area contributed by atoms with E-state index in [-0.39, 0.29) is 11.6 Å². The van der Waals surface area contributed by atoms with Gasteiger partial charge in [0.15, 0.2) is 0 Å². The number of rotatable bonds is 7. The molecule has 1 aromatic heterocycles. The molecule has 1 heterocycles. The van der Waals surface area contributed by atoms with E-state index < -0.39 is 11.0 Å². The van der Waals surface area contributed by atoms with E-state index in [0.29, 0.717) is 24.4 Å². The lowest BCUT2D eigenvalue weighted by atomic mass is 10.1. The lowest BCUT2D eigenvalue weighted by molar-refractivity contribution is -0.385. The van der Waals surface area contributed by atoms with Crippen molar-refractivity contribution in [3.05, 3.63) is 63.6 Å². The third-order valence-corrected chi connectivity index (χ3v) is 3.49. The van der Waals surface area contributed by atoms with Crippen molar-refractivity contribution in [1.29, 1.82) is 0 Å². The molecule has 0 fully saturated rings. The Morgan fingerprint density at radius 2 is 2.13 bits per heavy atom. The summed E-state index contributed by atoms with van der Waals surface area (Å²) in [6.07, 6.45) is 1.55. The number of nitro benzene ring substituents is 1. The minimum atomic E-state index is -0.426. The molecule has 0 radical (unpaired) electrons. The molecule has 1 atom stereocenters. The highest BCUT2D eigenvalue weighted by Gasteiger charge is 2.14. The van der Waals surface area contributed by atoms with E-state index in [9.17, 15) is 14.9 Å². The number of carbonyl (C=O) groups excluding carboxylic acids is 1. The van der Waals surface area contributed by atoms with Gasteiger partial charge in [0.05, 0.1) is 23.8 Å². The van der Waals surface area contributed by atoms with Crippen molar-refractivity contribution >= 4 is 11.6 Å². The molecule has 1 amide bonds. The zero-order valence-electron chi connectivity index (χ0n) is 13.0. The minimum absolute atomic E-state index is 0.0826. The highest BCUT2D eigenvalue weighted by Crippen LogP contribution is 2.19. The molecule has 0 aliphatic rings. The van der Waals surface area contributed by atoms with E-state index in [1.54, 1.807) is 38.3 Å². The predicted octanol–water partition coefficient (Wildman–Crippen LogP) is 2.29. The average molecular weight is 317 g/mol. The quantitative estimate of drug-likeness (QED) is 0.603. The molecule has 1 unspecified atom stereocenters. The maximum absolute atomic E-state index is 12.0. The van der Waals surface area contributed by atoms with Crippen LogP contribution in [-0.2, 0) is 17.9 Å². The van der Waals surface area contributed by atoms with Gasteiger partial charge in [0.2, 0.25) is 5.91 Å². The van der Waals surface area contributed by atoms with Crippen molar-refractivity contribution in [3.63, 3.8) is 0 Å². The fourth-order valence-corrected chi connectivity index (χ4v) is 2.07. The van der Waals surface area contributed by atoms with Crippen LogP contribution in [0, 0.1) is 17.0 Å². The number of nitrogens with zero attached hydrogens (tertiary/aromatic N) is 1. The fraction of sp³-hybridized carbons (Fsp3) is 0.312. The standard InChI is InChI=1S/C16H19N3O4/c1-11-5-6-13(8-15(11)19(21)22)9-17-12(2)16(20)18-10-14-4-3-7-23-14/h3-8,12,17H,9-10H2,1-2H3,(H,18,20). The van der Waals surface area contributed by atoms with Crippen molar-refractivity contribution < 1.29 is 14.1 Å². The number of aryl methyl sites for hydroxylation is 1. The Morgan fingerprint density at radius 3 is 2.78 bits per heavy atom. The van der Waals surface area contributed by atoms with Gasteiger partial charge in [0.25, 0.3) is 5.69 Å². The number of hydrogen-bond acceptors (Lipinski definition) is 5. The summed E-state index contributed by atoms with van der Waals surface area (Å²) >= 11 is 0. The van der Waals surface area contributed by atoms with Gasteiger partial charge < -0.3 is 15.1 Å². The average Bonchev–Trinajstić information content (AvgIpc) is 3.04. The number of furan rings is 1. The first kappa shape index (κ1) is 16.7. The number of amides is 1. The second kappa shape index (κ2) is 7.55. The van der Waals surface area contributed by atoms with Crippen LogP contribution in [0.25, 0.3) is 0 Å². The van der Waals surface area contributed by atoms with Gasteiger partial charge in [0, 0.05) is 18.2 Å². The summed E-state index contributed by atoms with van der Waals surface area (Å²) in [5, 5.41) is 16.7. The number of hydrogen-bond donors (Lipinski definition) is 2. The van der Waals surface area contributed by atoms with Gasteiger partial charge in [-0.25, -0.2) is 0 Å². The van der Waals surface area contributed by atoms with Gasteiger partial charge in [0.1, 0.15) is 5.76 Å². The molecule has 2 N–H and O–H groups in total. The lowest BCUT2D eigenvalue weighted by Gasteiger charge is -2.13. The van der Waals surface area contributed by atoms with Crippen molar-refractivity contribution in [2.24, 2.45) is 0 Å². The van der Waals surface area contributed by atoms with E-state index >= 15 is 0 Å². The van der Waals surface area contributed by atoms with Crippen LogP contribution < -0.4 is 10.6 Å². The van der Waals surface area contributed by atoms with E-state index in [0.717, 1.165) is 5.56 Å². The second-order valence-electron chi connectivity index (χ2n) is 5.28. The zero-order valence-corrected chi connectivity index (χ0v) is 13.0. The summed E-state index contributed by atoms with van der Waals surface area (Å²) in [6, 6.07) is 8.15. The SMILES string of the molecule is Cc1ccc(CNC(C)C(=O)NCc2ccco2)cc1[N+](=O)[O-]. The molecule has 7 nitrogen and oxygen atoms in total. The van der Waals surface area contributed by atoms with Gasteiger partial charge in [-0.15, -0.1) is 0 Å². The van der Waals surface area contributed by atoms with Crippen molar-refractivity contribution in [2.45, 2.75) is 33.0 Å². The molecule has 0 bridgehead atoms. The molecule has 0 aliphatic heterocycles. The van der Waals surface area contributed by atoms with Crippen LogP contribution in [0.2, 0.25) is 0 Å². The van der Waals surface area contributed by atoms with Gasteiger partial charge >= 0.3 is 0 Å². The molecule has 0 saturated carbocycles. The normalized spacial score (nSPS) is 11.9. The molecule has 122 valence electrons. The number of nitro groups is 1. The van der Waals surface area contributed by atoms with Crippen LogP contribution in [0.5, 0.6) is 0 Å². The Labute approximate surface area is 133 Å². The number of benzene rings is 1. The third-order valence-electron chi connectivity index (χ3n) is 3.49. The first-order valence-electron chi connectivity index (χ1n) is 7.24. The maximum atomic E-state index is 12.0. The van der Waals surface area contributed by atoms with Crippen molar-refractivity contribution in [1.82, 2.24) is 10.6 Å². The molecule has 2 aromatic rings. The number of carbonyl (C=O) groups is 1. The van der Waals surface area contributed by atoms with Crippen molar-refractivity contribution in [2.75, 3.05) is 0 Å². The Balaban J connectivity index is 1.86. The first-order chi connectivity index (χ1) is 11.0. The first-order valence-corrected chi connectivity index (χ1v) is 7.24. The van der Waals surface area contributed by atoms with E-state index in [1.807, 2.05) is 6.07 Å². The predicted molar refractivity (Wildman–Crippen MR) is 84.7 cm³/mol. The molecule has 0 aliphatic carbocycles. The van der Waals surface area contributed by atoms with E-state index in [2.05, 4.69) is 10.6 Å². The topological polar surface area (TPSA) is 97.4 Å². The Kier molecular flexibility index (Phi) is 5.48. The van der Waals surface area contributed by atoms with Crippen LogP contribution in [0.1, 0.15) is 23.8 Å². The molecule has 0 spiro atoms. The highest BCUT2D eigenvalue weighted by atomic mass is 16.6. The van der Waals surface area contributed by atoms with Gasteiger partial charge in [-0.05, 0) is 31.5 Å². The molecular formula is C16H19N3O4. The summed E-state index contributed by atoms with van der Waals surface area (Å²) < 4.78 is 5.14. The van der Waals surface area contributed by atoms with Crippen LogP contribution >= 0.6 is 0 Å². The molecular weight excluding hydrogens is 298 g/mol. The summed E-state index contributed by atoms with van der Waals surface area (Å²) in [7, 11) is 0. The second-order valence-corrected chi connectivity index (χ2v) is 5.28. The molecule has 23 heavy (non-hydrogen) atoms. The zero-order chi connectivity index (χ0) is 16.8. The Hall–Kier alpha value is -2.67. The molecule has 1 aromatic carbocycles. The largest absolute Gasteiger partial charge is 0.467 e. The van der Waals surface area contributed by atoms with Gasteiger partial charge in [-0.1, -0.05) is 12.1 Å². The summed E-state index contributed by atoms with van der Waals surface area (Å²) in [4.78, 5) is 22.5. The van der Waals surface area contributed by atoms with E-state index in [1.165, 1.54) is 6.07 Å². The molecule has 0 saturated heterocycles. The summed E-state index contributed by atoms with van der Waals surface area (Å²) in [6.45, 7) is 4.13. The third kappa shape index (κ3) is 4.65. The Morgan fingerprint density at radius 1 is 1.35 bits per heavy atom. The lowest BCUT2D eigenvalue weighted by Crippen LogP contribution is -2.41. The van der Waals surface area contributed by atoms with Crippen LogP contribution in [0.15, 0.2) is 41.0 Å². The monoisotopic (exact) mass is 317 g/mol. The van der Waals surface area contributed by atoms with Crippen LogP contribution in [-0.4, -0.2) is 16.9 Å². The summed E-state index contributed by atoms with van der Waals surface area (Å²) in [5.74, 6) is 0.516. The van der Waals surface area contributed by atoms with Crippen LogP contribution in [0.4, 0.5) is 5.69 Å². The van der Waals surface area contributed by atoms with Gasteiger partial charge in [-0.3, -0.25) is 14.9 Å². The Bertz CT molecular complexity index is 683. The van der Waals surface area contributed by atoms with E-state index in [4.69, 9.17) is 4.42 Å². The fourth-order valence-electron chi connectivity index (χ4n) is 2.07. The maximum Gasteiger partial charge on any atom is 0.272 e. The smallest absolute Gasteiger partial charge is 0.272 e. The molecule has 7 heteroatoms. The molecule has 2 rings (SSSR count). The van der Waals surface area contributed by atoms with Crippen molar-refractivity contribution in [3.8, 4) is 0 Å². The number of nitrogens with one attached hydrogen (secondary N) is 2. The minimum Gasteiger partial charge on any atom is -0.467 e. The summed E-state index contributed by atoms with van der Waals surface area (Å²) in [5.41, 5.74) is 1.45.